The molecule has 8 heteroatoms. The third-order valence-electron chi connectivity index (χ3n) is 8.39. The van der Waals surface area contributed by atoms with Gasteiger partial charge in [-0.05, 0) is 78.8 Å². The second-order valence-electron chi connectivity index (χ2n) is 11.2. The summed E-state index contributed by atoms with van der Waals surface area (Å²) in [7, 11) is 0. The zero-order chi connectivity index (χ0) is 29.5. The van der Waals surface area contributed by atoms with E-state index in [0.29, 0.717) is 24.4 Å². The average molecular weight is 590 g/mol. The summed E-state index contributed by atoms with van der Waals surface area (Å²) < 4.78 is 10.8. The summed E-state index contributed by atoms with van der Waals surface area (Å²) in [5.74, 6) is 1.55. The van der Waals surface area contributed by atoms with Crippen LogP contribution in [0, 0.1) is 5.92 Å². The molecule has 222 valence electrons. The molecular formula is C34H40ClN3O4. The molecule has 0 unspecified atom stereocenters. The Morgan fingerprint density at radius 2 is 1.55 bits per heavy atom. The minimum absolute atomic E-state index is 0.0262. The first-order chi connectivity index (χ1) is 20.4. The van der Waals surface area contributed by atoms with Gasteiger partial charge in [0.15, 0.2) is 11.5 Å². The third kappa shape index (κ3) is 7.44. The van der Waals surface area contributed by atoms with Gasteiger partial charge >= 0.3 is 0 Å². The van der Waals surface area contributed by atoms with Crippen molar-refractivity contribution in [3.8, 4) is 11.5 Å². The second kappa shape index (κ2) is 14.1. The Labute approximate surface area is 253 Å². The number of fused-ring (bicyclic) bond motifs is 1. The molecule has 2 aliphatic heterocycles. The van der Waals surface area contributed by atoms with Gasteiger partial charge in [0, 0.05) is 55.3 Å². The van der Waals surface area contributed by atoms with Crippen molar-refractivity contribution in [2.45, 2.75) is 65.2 Å². The van der Waals surface area contributed by atoms with Crippen LogP contribution in [-0.4, -0.2) is 47.5 Å². The van der Waals surface area contributed by atoms with E-state index in [9.17, 15) is 9.59 Å². The zero-order valence-corrected chi connectivity index (χ0v) is 25.2. The number of hydrogen-bond acceptors (Lipinski definition) is 5. The topological polar surface area (TPSA) is 71.1 Å². The Kier molecular flexibility index (Phi) is 10.0. The van der Waals surface area contributed by atoms with Crippen LogP contribution in [0.25, 0.3) is 0 Å². The fraction of sp³-hybridized carbons (Fsp3) is 0.412. The molecule has 0 saturated carbocycles. The number of rotatable bonds is 11. The molecule has 0 spiro atoms. The molecular weight excluding hydrogens is 550 g/mol. The number of nitrogens with one attached hydrogen (secondary N) is 1. The van der Waals surface area contributed by atoms with Crippen LogP contribution in [0.5, 0.6) is 11.5 Å². The lowest BCUT2D eigenvalue weighted by molar-refractivity contribution is -0.140. The molecule has 0 atom stereocenters. The van der Waals surface area contributed by atoms with E-state index in [0.717, 1.165) is 67.2 Å². The van der Waals surface area contributed by atoms with E-state index >= 15 is 0 Å². The summed E-state index contributed by atoms with van der Waals surface area (Å²) in [4.78, 5) is 31.1. The lowest BCUT2D eigenvalue weighted by Crippen LogP contribution is -2.48. The maximum absolute atomic E-state index is 13.7. The molecule has 1 saturated heterocycles. The molecule has 1 N–H and O–H groups in total. The van der Waals surface area contributed by atoms with Crippen LogP contribution < -0.4 is 14.8 Å². The molecule has 3 aromatic carbocycles. The number of hydrogen-bond donors (Lipinski definition) is 1. The number of carbonyl (C=O) groups is 2. The van der Waals surface area contributed by atoms with E-state index in [-0.39, 0.29) is 30.6 Å². The molecule has 2 aliphatic rings. The molecule has 0 aromatic heterocycles. The zero-order valence-electron chi connectivity index (χ0n) is 24.5. The number of piperidine rings is 1. The predicted octanol–water partition coefficient (Wildman–Crippen LogP) is 6.43. The maximum atomic E-state index is 13.7. The lowest BCUT2D eigenvalue weighted by Gasteiger charge is -2.40. The Bertz CT molecular complexity index is 1350. The maximum Gasteiger partial charge on any atom is 0.251 e. The second-order valence-corrected chi connectivity index (χ2v) is 11.6. The van der Waals surface area contributed by atoms with Crippen molar-refractivity contribution in [1.82, 2.24) is 15.1 Å². The highest BCUT2D eigenvalue weighted by molar-refractivity contribution is 6.30. The molecule has 1 fully saturated rings. The van der Waals surface area contributed by atoms with Gasteiger partial charge in [0.1, 0.15) is 0 Å². The summed E-state index contributed by atoms with van der Waals surface area (Å²) in [5.41, 5.74) is 3.82. The molecule has 2 heterocycles. The molecule has 42 heavy (non-hydrogen) atoms. The van der Waals surface area contributed by atoms with Gasteiger partial charge in [-0.15, -0.1) is 0 Å². The molecule has 7 nitrogen and oxygen atoms in total. The van der Waals surface area contributed by atoms with Crippen molar-refractivity contribution in [2.24, 2.45) is 5.92 Å². The van der Waals surface area contributed by atoms with Crippen LogP contribution in [0.3, 0.4) is 0 Å². The van der Waals surface area contributed by atoms with Crippen molar-refractivity contribution in [3.05, 3.63) is 94.0 Å². The standard InChI is InChI=1S/C34H40ClN3O4/c1-3-27(4-2)34(40)38(30-15-17-37(18-16-30)21-24-7-12-29(35)13-8-24)22-25-5-10-28(11-6-25)33(39)36-20-26-9-14-31-32(19-26)42-23-41-31/h5-14,19,27,30H,3-4,15-18,20-23H2,1-2H3,(H,36,39). The summed E-state index contributed by atoms with van der Waals surface area (Å²) >= 11 is 6.05. The van der Waals surface area contributed by atoms with Gasteiger partial charge in [-0.3, -0.25) is 14.5 Å². The van der Waals surface area contributed by atoms with Gasteiger partial charge in [-0.2, -0.15) is 0 Å². The molecule has 3 aromatic rings. The van der Waals surface area contributed by atoms with Crippen molar-refractivity contribution in [1.29, 1.82) is 0 Å². The highest BCUT2D eigenvalue weighted by atomic mass is 35.5. The SMILES string of the molecule is CCC(CC)C(=O)N(Cc1ccc(C(=O)NCc2ccc3c(c2)OCO3)cc1)C1CCN(Cc2ccc(Cl)cc2)CC1. The first-order valence-corrected chi connectivity index (χ1v) is 15.3. The van der Waals surface area contributed by atoms with E-state index < -0.39 is 0 Å². The van der Waals surface area contributed by atoms with Crippen molar-refractivity contribution < 1.29 is 19.1 Å². The number of halogens is 1. The average Bonchev–Trinajstić information content (AvgIpc) is 3.49. The van der Waals surface area contributed by atoms with E-state index in [4.69, 9.17) is 21.1 Å². The highest BCUT2D eigenvalue weighted by Gasteiger charge is 2.31. The Morgan fingerprint density at radius 1 is 0.905 bits per heavy atom. The van der Waals surface area contributed by atoms with Gasteiger partial charge in [-0.25, -0.2) is 0 Å². The van der Waals surface area contributed by atoms with Gasteiger partial charge < -0.3 is 19.7 Å². The minimum atomic E-state index is -0.141. The van der Waals surface area contributed by atoms with Crippen LogP contribution in [-0.2, 0) is 24.4 Å². The summed E-state index contributed by atoms with van der Waals surface area (Å²) in [6, 6.07) is 21.5. The van der Waals surface area contributed by atoms with E-state index in [1.54, 1.807) is 0 Å². The van der Waals surface area contributed by atoms with Crippen LogP contribution in [0.2, 0.25) is 5.02 Å². The number of amides is 2. The quantitative estimate of drug-likeness (QED) is 0.279. The molecule has 0 aliphatic carbocycles. The monoisotopic (exact) mass is 589 g/mol. The van der Waals surface area contributed by atoms with E-state index in [2.05, 4.69) is 41.1 Å². The fourth-order valence-corrected chi connectivity index (χ4v) is 5.92. The van der Waals surface area contributed by atoms with Crippen molar-refractivity contribution >= 4 is 23.4 Å². The van der Waals surface area contributed by atoms with E-state index in [1.807, 2.05) is 54.6 Å². The predicted molar refractivity (Wildman–Crippen MR) is 165 cm³/mol. The van der Waals surface area contributed by atoms with Gasteiger partial charge in [0.25, 0.3) is 5.91 Å². The number of benzene rings is 3. The minimum Gasteiger partial charge on any atom is -0.454 e. The number of likely N-dealkylation sites (tertiary alicyclic amines) is 1. The smallest absolute Gasteiger partial charge is 0.251 e. The summed E-state index contributed by atoms with van der Waals surface area (Å²) in [6.45, 7) is 8.14. The summed E-state index contributed by atoms with van der Waals surface area (Å²) in [5, 5.41) is 3.73. The lowest BCUT2D eigenvalue weighted by atomic mass is 9.96. The number of carbonyl (C=O) groups excluding carboxylic acids is 2. The van der Waals surface area contributed by atoms with Gasteiger partial charge in [0.2, 0.25) is 12.7 Å². The highest BCUT2D eigenvalue weighted by Crippen LogP contribution is 2.32. The van der Waals surface area contributed by atoms with E-state index in [1.165, 1.54) is 5.56 Å². The summed E-state index contributed by atoms with van der Waals surface area (Å²) in [6.07, 6.45) is 3.56. The largest absolute Gasteiger partial charge is 0.454 e. The first kappa shape index (κ1) is 29.9. The van der Waals surface area contributed by atoms with Crippen molar-refractivity contribution in [2.75, 3.05) is 19.9 Å². The molecule has 0 bridgehead atoms. The van der Waals surface area contributed by atoms with Gasteiger partial charge in [-0.1, -0.05) is 55.8 Å². The van der Waals surface area contributed by atoms with Gasteiger partial charge in [0.05, 0.1) is 0 Å². The molecule has 0 radical (unpaired) electrons. The van der Waals surface area contributed by atoms with Crippen LogP contribution in [0.4, 0.5) is 0 Å². The van der Waals surface area contributed by atoms with Crippen LogP contribution in [0.1, 0.15) is 66.6 Å². The van der Waals surface area contributed by atoms with Crippen LogP contribution in [0.15, 0.2) is 66.7 Å². The van der Waals surface area contributed by atoms with Crippen LogP contribution >= 0.6 is 11.6 Å². The Hall–Kier alpha value is -3.55. The number of nitrogens with zero attached hydrogens (tertiary/aromatic N) is 2. The van der Waals surface area contributed by atoms with Crippen molar-refractivity contribution in [3.63, 3.8) is 0 Å². The Morgan fingerprint density at radius 3 is 2.24 bits per heavy atom. The normalized spacial score (nSPS) is 15.1. The molecule has 2 amide bonds. The fourth-order valence-electron chi connectivity index (χ4n) is 5.79. The third-order valence-corrected chi connectivity index (χ3v) is 8.65. The Balaban J connectivity index is 1.19. The first-order valence-electron chi connectivity index (χ1n) is 15.0. The number of ether oxygens (including phenoxy) is 2. The molecule has 5 rings (SSSR count).